The first-order valence-electron chi connectivity index (χ1n) is 5.29. The Morgan fingerprint density at radius 1 is 1.39 bits per heavy atom. The fraction of sp³-hybridized carbons (Fsp3) is 0.273. The Labute approximate surface area is 110 Å². The fourth-order valence-corrected chi connectivity index (χ4v) is 1.86. The number of halogens is 1. The van der Waals surface area contributed by atoms with E-state index in [2.05, 4.69) is 15.5 Å². The number of nitrogens with two attached hydrogens (primary N) is 1. The predicted octanol–water partition coefficient (Wildman–Crippen LogP) is 1.77. The van der Waals surface area contributed by atoms with E-state index < -0.39 is 0 Å². The molecule has 3 N–H and O–H groups in total. The monoisotopic (exact) mass is 267 g/mol. The maximum atomic E-state index is 6.03. The minimum atomic E-state index is 0.458. The number of hydrogen-bond acceptors (Lipinski definition) is 5. The molecule has 0 saturated carbocycles. The molecule has 6 nitrogen and oxygen atoms in total. The average Bonchev–Trinajstić information content (AvgIpc) is 2.73. The molecule has 0 bridgehead atoms. The molecule has 2 rings (SSSR count). The van der Waals surface area contributed by atoms with E-state index >= 15 is 0 Å². The Hall–Kier alpha value is -1.95. The van der Waals surface area contributed by atoms with Crippen molar-refractivity contribution in [1.82, 2.24) is 14.8 Å². The number of ether oxygens (including phenoxy) is 1. The number of nitrogens with zero attached hydrogens (tertiary/aromatic N) is 3. The van der Waals surface area contributed by atoms with Crippen LogP contribution in [0, 0.1) is 0 Å². The van der Waals surface area contributed by atoms with Crippen molar-refractivity contribution in [3.05, 3.63) is 17.2 Å². The zero-order valence-corrected chi connectivity index (χ0v) is 11.1. The van der Waals surface area contributed by atoms with Crippen molar-refractivity contribution in [2.24, 2.45) is 7.05 Å². The lowest BCUT2D eigenvalue weighted by molar-refractivity contribution is 0.416. The molecule has 0 unspecified atom stereocenters. The third-order valence-corrected chi connectivity index (χ3v) is 2.99. The molecule has 7 heteroatoms. The van der Waals surface area contributed by atoms with Crippen LogP contribution in [0.4, 0.5) is 11.6 Å². The second-order valence-corrected chi connectivity index (χ2v) is 4.14. The summed E-state index contributed by atoms with van der Waals surface area (Å²) in [4.78, 5) is 0. The standard InChI is InChI=1S/C11H14ClN5O/c1-14-11-16-15-10(17(11)2)6-4-7(12)8(13)5-9(6)18-3/h4-5H,13H2,1-3H3,(H,14,16). The minimum Gasteiger partial charge on any atom is -0.496 e. The molecule has 1 aromatic carbocycles. The van der Waals surface area contributed by atoms with Crippen molar-refractivity contribution < 1.29 is 4.74 Å². The summed E-state index contributed by atoms with van der Waals surface area (Å²) in [6, 6.07) is 3.39. The molecule has 0 spiro atoms. The summed E-state index contributed by atoms with van der Waals surface area (Å²) in [5.74, 6) is 1.91. The van der Waals surface area contributed by atoms with E-state index in [-0.39, 0.29) is 0 Å². The van der Waals surface area contributed by atoms with Gasteiger partial charge in [-0.25, -0.2) is 0 Å². The fourth-order valence-electron chi connectivity index (χ4n) is 1.69. The molecule has 1 heterocycles. The molecule has 0 aliphatic carbocycles. The van der Waals surface area contributed by atoms with E-state index in [4.69, 9.17) is 22.1 Å². The van der Waals surface area contributed by atoms with Gasteiger partial charge in [-0.15, -0.1) is 10.2 Å². The Balaban J connectivity index is 2.62. The van der Waals surface area contributed by atoms with Crippen molar-refractivity contribution >= 4 is 23.2 Å². The van der Waals surface area contributed by atoms with Crippen LogP contribution in [0.2, 0.25) is 5.02 Å². The van der Waals surface area contributed by atoms with Gasteiger partial charge < -0.3 is 15.8 Å². The number of anilines is 2. The first-order chi connectivity index (χ1) is 8.58. The van der Waals surface area contributed by atoms with Gasteiger partial charge in [0.2, 0.25) is 5.95 Å². The lowest BCUT2D eigenvalue weighted by atomic mass is 10.1. The minimum absolute atomic E-state index is 0.458. The topological polar surface area (TPSA) is 78.0 Å². The highest BCUT2D eigenvalue weighted by Crippen LogP contribution is 2.35. The van der Waals surface area contributed by atoms with Crippen LogP contribution in [0.25, 0.3) is 11.4 Å². The van der Waals surface area contributed by atoms with Crippen LogP contribution < -0.4 is 15.8 Å². The highest BCUT2D eigenvalue weighted by atomic mass is 35.5. The van der Waals surface area contributed by atoms with Gasteiger partial charge in [0.1, 0.15) is 5.75 Å². The third-order valence-electron chi connectivity index (χ3n) is 2.66. The molecule has 0 aliphatic heterocycles. The lowest BCUT2D eigenvalue weighted by Crippen LogP contribution is -2.01. The second kappa shape index (κ2) is 4.73. The first-order valence-corrected chi connectivity index (χ1v) is 5.66. The lowest BCUT2D eigenvalue weighted by Gasteiger charge is -2.10. The van der Waals surface area contributed by atoms with Crippen LogP contribution in [0.1, 0.15) is 0 Å². The second-order valence-electron chi connectivity index (χ2n) is 3.73. The number of hydrogen-bond donors (Lipinski definition) is 2. The van der Waals surface area contributed by atoms with E-state index in [1.165, 1.54) is 0 Å². The zero-order chi connectivity index (χ0) is 13.3. The van der Waals surface area contributed by atoms with Crippen LogP contribution in [0.5, 0.6) is 5.75 Å². The zero-order valence-electron chi connectivity index (χ0n) is 10.4. The normalized spacial score (nSPS) is 10.4. The smallest absolute Gasteiger partial charge is 0.224 e. The van der Waals surface area contributed by atoms with Gasteiger partial charge in [-0.1, -0.05) is 11.6 Å². The van der Waals surface area contributed by atoms with Gasteiger partial charge in [-0.3, -0.25) is 4.57 Å². The van der Waals surface area contributed by atoms with Crippen molar-refractivity contribution in [1.29, 1.82) is 0 Å². The molecule has 0 saturated heterocycles. The maximum absolute atomic E-state index is 6.03. The van der Waals surface area contributed by atoms with E-state index in [0.717, 1.165) is 5.56 Å². The summed E-state index contributed by atoms with van der Waals surface area (Å²) in [6.07, 6.45) is 0. The molecular weight excluding hydrogens is 254 g/mol. The van der Waals surface area contributed by atoms with Gasteiger partial charge in [0.25, 0.3) is 0 Å². The van der Waals surface area contributed by atoms with E-state index in [0.29, 0.717) is 28.2 Å². The first kappa shape index (κ1) is 12.5. The molecule has 0 radical (unpaired) electrons. The van der Waals surface area contributed by atoms with Crippen LogP contribution >= 0.6 is 11.6 Å². The summed E-state index contributed by atoms with van der Waals surface area (Å²) in [7, 11) is 5.20. The highest BCUT2D eigenvalue weighted by Gasteiger charge is 2.16. The molecule has 0 atom stereocenters. The molecule has 1 aromatic heterocycles. The van der Waals surface area contributed by atoms with Gasteiger partial charge in [-0.05, 0) is 6.07 Å². The summed E-state index contributed by atoms with van der Waals surface area (Å²) in [5.41, 5.74) is 6.96. The third kappa shape index (κ3) is 1.95. The maximum Gasteiger partial charge on any atom is 0.224 e. The molecule has 2 aromatic rings. The van der Waals surface area contributed by atoms with Crippen molar-refractivity contribution in [3.63, 3.8) is 0 Å². The predicted molar refractivity (Wildman–Crippen MR) is 72.0 cm³/mol. The van der Waals surface area contributed by atoms with Crippen LogP contribution in [-0.4, -0.2) is 28.9 Å². The quantitative estimate of drug-likeness (QED) is 0.829. The molecular formula is C11H14ClN5O. The Morgan fingerprint density at radius 3 is 2.67 bits per heavy atom. The van der Waals surface area contributed by atoms with Gasteiger partial charge in [0.05, 0.1) is 23.4 Å². The summed E-state index contributed by atoms with van der Waals surface area (Å²) in [5, 5.41) is 11.5. The molecule has 0 aliphatic rings. The van der Waals surface area contributed by atoms with Crippen molar-refractivity contribution in [3.8, 4) is 17.1 Å². The van der Waals surface area contributed by atoms with Crippen LogP contribution in [0.3, 0.4) is 0 Å². The van der Waals surface area contributed by atoms with E-state index in [1.807, 2.05) is 11.6 Å². The number of rotatable bonds is 3. The number of aromatic nitrogens is 3. The number of nitrogen functional groups attached to an aromatic ring is 1. The number of nitrogens with one attached hydrogen (secondary N) is 1. The van der Waals surface area contributed by atoms with Crippen LogP contribution in [-0.2, 0) is 7.05 Å². The summed E-state index contributed by atoms with van der Waals surface area (Å²) >= 11 is 6.03. The Kier molecular flexibility index (Phi) is 3.29. The van der Waals surface area contributed by atoms with Crippen molar-refractivity contribution in [2.75, 3.05) is 25.2 Å². The highest BCUT2D eigenvalue weighted by molar-refractivity contribution is 6.33. The number of methoxy groups -OCH3 is 1. The van der Waals surface area contributed by atoms with Crippen LogP contribution in [0.15, 0.2) is 12.1 Å². The Morgan fingerprint density at radius 2 is 2.11 bits per heavy atom. The molecule has 0 fully saturated rings. The van der Waals surface area contributed by atoms with Gasteiger partial charge in [0, 0.05) is 20.2 Å². The summed E-state index contributed by atoms with van der Waals surface area (Å²) in [6.45, 7) is 0. The van der Waals surface area contributed by atoms with Crippen molar-refractivity contribution in [2.45, 2.75) is 0 Å². The van der Waals surface area contributed by atoms with Gasteiger partial charge >= 0.3 is 0 Å². The molecule has 18 heavy (non-hydrogen) atoms. The van der Waals surface area contributed by atoms with E-state index in [1.54, 1.807) is 26.3 Å². The average molecular weight is 268 g/mol. The molecule has 0 amide bonds. The SMILES string of the molecule is CNc1nnc(-c2cc(Cl)c(N)cc2OC)n1C. The Bertz CT molecular complexity index is 581. The van der Waals surface area contributed by atoms with E-state index in [9.17, 15) is 0 Å². The van der Waals surface area contributed by atoms with Gasteiger partial charge in [0.15, 0.2) is 5.82 Å². The largest absolute Gasteiger partial charge is 0.496 e. The number of benzene rings is 1. The summed E-state index contributed by atoms with van der Waals surface area (Å²) < 4.78 is 7.10. The van der Waals surface area contributed by atoms with Gasteiger partial charge in [-0.2, -0.15) is 0 Å². The molecule has 96 valence electrons.